The predicted molar refractivity (Wildman–Crippen MR) is 72.8 cm³/mol. The van der Waals surface area contributed by atoms with E-state index in [9.17, 15) is 4.79 Å². The van der Waals surface area contributed by atoms with E-state index < -0.39 is 0 Å². The quantitative estimate of drug-likeness (QED) is 0.787. The molecule has 0 atom stereocenters. The highest BCUT2D eigenvalue weighted by molar-refractivity contribution is 9.10. The molecular formula is C13H11BrO2S. The van der Waals surface area contributed by atoms with Crippen LogP contribution in [0.1, 0.15) is 22.2 Å². The number of halogens is 1. The fourth-order valence-corrected chi connectivity index (χ4v) is 2.41. The number of thiophene rings is 1. The summed E-state index contributed by atoms with van der Waals surface area (Å²) in [6.07, 6.45) is 0. The fourth-order valence-electron chi connectivity index (χ4n) is 1.45. The van der Waals surface area contributed by atoms with Crippen molar-refractivity contribution in [2.24, 2.45) is 0 Å². The molecule has 0 aliphatic carbocycles. The molecule has 0 saturated carbocycles. The molecule has 2 rings (SSSR count). The molecule has 0 aliphatic rings. The summed E-state index contributed by atoms with van der Waals surface area (Å²) in [4.78, 5) is 12.6. The molecule has 0 saturated heterocycles. The summed E-state index contributed by atoms with van der Waals surface area (Å²) in [5, 5.41) is 2.01. The normalized spacial score (nSPS) is 10.2. The van der Waals surface area contributed by atoms with Gasteiger partial charge in [-0.1, -0.05) is 22.0 Å². The lowest BCUT2D eigenvalue weighted by molar-refractivity contribution is 0.101. The van der Waals surface area contributed by atoms with Crippen LogP contribution in [-0.2, 0) is 6.61 Å². The van der Waals surface area contributed by atoms with Gasteiger partial charge in [-0.05, 0) is 36.6 Å². The minimum atomic E-state index is 0.0127. The number of ketones is 1. The summed E-state index contributed by atoms with van der Waals surface area (Å²) >= 11 is 5.01. The zero-order chi connectivity index (χ0) is 12.3. The Labute approximate surface area is 112 Å². The monoisotopic (exact) mass is 310 g/mol. The van der Waals surface area contributed by atoms with Crippen molar-refractivity contribution in [2.45, 2.75) is 13.5 Å². The number of Topliss-reactive ketones (excluding diaryl/α,β-unsaturated/α-hetero) is 1. The Kier molecular flexibility index (Phi) is 3.97. The van der Waals surface area contributed by atoms with E-state index in [0.717, 1.165) is 9.35 Å². The summed E-state index contributed by atoms with van der Waals surface area (Å²) in [5.41, 5.74) is 0.616. The lowest BCUT2D eigenvalue weighted by Crippen LogP contribution is -2.00. The predicted octanol–water partition coefficient (Wildman–Crippen LogP) is 4.29. The van der Waals surface area contributed by atoms with E-state index in [-0.39, 0.29) is 5.78 Å². The molecule has 0 N–H and O–H groups in total. The third-order valence-electron chi connectivity index (χ3n) is 2.27. The average molecular weight is 311 g/mol. The van der Waals surface area contributed by atoms with Crippen LogP contribution in [0, 0.1) is 0 Å². The second-order valence-electron chi connectivity index (χ2n) is 3.56. The lowest BCUT2D eigenvalue weighted by Gasteiger charge is -2.09. The van der Waals surface area contributed by atoms with Crippen molar-refractivity contribution in [3.8, 4) is 5.75 Å². The number of benzene rings is 1. The van der Waals surface area contributed by atoms with Gasteiger partial charge in [0.1, 0.15) is 12.4 Å². The van der Waals surface area contributed by atoms with Crippen molar-refractivity contribution in [3.05, 3.63) is 50.6 Å². The molecule has 17 heavy (non-hydrogen) atoms. The zero-order valence-corrected chi connectivity index (χ0v) is 11.7. The third kappa shape index (κ3) is 3.17. The standard InChI is InChI=1S/C13H11BrO2S/c1-9(15)12-5-4-10(14)7-13(12)16-8-11-3-2-6-17-11/h2-7H,8H2,1H3. The molecule has 0 spiro atoms. The van der Waals surface area contributed by atoms with Crippen LogP contribution in [0.4, 0.5) is 0 Å². The van der Waals surface area contributed by atoms with Crippen LogP contribution in [0.15, 0.2) is 40.2 Å². The van der Waals surface area contributed by atoms with Gasteiger partial charge in [0.15, 0.2) is 5.78 Å². The summed E-state index contributed by atoms with van der Waals surface area (Å²) in [6, 6.07) is 9.43. The SMILES string of the molecule is CC(=O)c1ccc(Br)cc1OCc1cccs1. The highest BCUT2D eigenvalue weighted by Crippen LogP contribution is 2.25. The zero-order valence-electron chi connectivity index (χ0n) is 9.27. The first-order chi connectivity index (χ1) is 8.16. The molecular weight excluding hydrogens is 300 g/mol. The van der Waals surface area contributed by atoms with Gasteiger partial charge in [0.25, 0.3) is 0 Å². The van der Waals surface area contributed by atoms with Gasteiger partial charge in [-0.3, -0.25) is 4.79 Å². The minimum absolute atomic E-state index is 0.0127. The van der Waals surface area contributed by atoms with Crippen LogP contribution in [0.2, 0.25) is 0 Å². The van der Waals surface area contributed by atoms with Gasteiger partial charge in [-0.25, -0.2) is 0 Å². The van der Waals surface area contributed by atoms with Gasteiger partial charge in [0.2, 0.25) is 0 Å². The van der Waals surface area contributed by atoms with Crippen molar-refractivity contribution in [2.75, 3.05) is 0 Å². The van der Waals surface area contributed by atoms with E-state index in [2.05, 4.69) is 15.9 Å². The third-order valence-corrected chi connectivity index (χ3v) is 3.62. The summed E-state index contributed by atoms with van der Waals surface area (Å²) < 4.78 is 6.59. The van der Waals surface area contributed by atoms with Crippen LogP contribution in [-0.4, -0.2) is 5.78 Å². The average Bonchev–Trinajstić information content (AvgIpc) is 2.78. The van der Waals surface area contributed by atoms with Gasteiger partial charge >= 0.3 is 0 Å². The van der Waals surface area contributed by atoms with Crippen LogP contribution in [0.5, 0.6) is 5.75 Å². The molecule has 0 unspecified atom stereocenters. The molecule has 4 heteroatoms. The van der Waals surface area contributed by atoms with E-state index in [0.29, 0.717) is 17.9 Å². The van der Waals surface area contributed by atoms with Crippen molar-refractivity contribution < 1.29 is 9.53 Å². The lowest BCUT2D eigenvalue weighted by atomic mass is 10.1. The van der Waals surface area contributed by atoms with E-state index >= 15 is 0 Å². The second kappa shape index (κ2) is 5.47. The van der Waals surface area contributed by atoms with Crippen LogP contribution in [0.3, 0.4) is 0 Å². The topological polar surface area (TPSA) is 26.3 Å². The van der Waals surface area contributed by atoms with Crippen LogP contribution < -0.4 is 4.74 Å². The van der Waals surface area contributed by atoms with Crippen molar-refractivity contribution in [1.29, 1.82) is 0 Å². The molecule has 0 amide bonds. The van der Waals surface area contributed by atoms with Gasteiger partial charge in [0.05, 0.1) is 5.56 Å². The van der Waals surface area contributed by atoms with Gasteiger partial charge in [0, 0.05) is 9.35 Å². The van der Waals surface area contributed by atoms with Crippen molar-refractivity contribution in [3.63, 3.8) is 0 Å². The highest BCUT2D eigenvalue weighted by Gasteiger charge is 2.09. The van der Waals surface area contributed by atoms with Gasteiger partial charge < -0.3 is 4.74 Å². The molecule has 2 aromatic rings. The molecule has 2 nitrogen and oxygen atoms in total. The number of hydrogen-bond acceptors (Lipinski definition) is 3. The molecule has 0 bridgehead atoms. The molecule has 1 aromatic heterocycles. The maximum absolute atomic E-state index is 11.4. The smallest absolute Gasteiger partial charge is 0.163 e. The number of rotatable bonds is 4. The second-order valence-corrected chi connectivity index (χ2v) is 5.51. The van der Waals surface area contributed by atoms with Gasteiger partial charge in [-0.15, -0.1) is 11.3 Å². The molecule has 0 radical (unpaired) electrons. The Hall–Kier alpha value is -1.13. The number of carbonyl (C=O) groups excluding carboxylic acids is 1. The maximum atomic E-state index is 11.4. The van der Waals surface area contributed by atoms with Crippen LogP contribution in [0.25, 0.3) is 0 Å². The summed E-state index contributed by atoms with van der Waals surface area (Å²) in [6.45, 7) is 2.04. The summed E-state index contributed by atoms with van der Waals surface area (Å²) in [5.74, 6) is 0.638. The number of carbonyl (C=O) groups is 1. The van der Waals surface area contributed by atoms with E-state index in [1.54, 1.807) is 24.3 Å². The van der Waals surface area contributed by atoms with E-state index in [4.69, 9.17) is 4.74 Å². The molecule has 1 heterocycles. The molecule has 88 valence electrons. The first-order valence-electron chi connectivity index (χ1n) is 5.12. The highest BCUT2D eigenvalue weighted by atomic mass is 79.9. The largest absolute Gasteiger partial charge is 0.487 e. The minimum Gasteiger partial charge on any atom is -0.487 e. The van der Waals surface area contributed by atoms with E-state index in [1.807, 2.05) is 29.6 Å². The fraction of sp³-hybridized carbons (Fsp3) is 0.154. The Balaban J connectivity index is 2.19. The number of hydrogen-bond donors (Lipinski definition) is 0. The number of ether oxygens (including phenoxy) is 1. The Bertz CT molecular complexity index is 520. The molecule has 0 fully saturated rings. The maximum Gasteiger partial charge on any atom is 0.163 e. The Morgan fingerprint density at radius 1 is 1.41 bits per heavy atom. The Morgan fingerprint density at radius 3 is 2.88 bits per heavy atom. The Morgan fingerprint density at radius 2 is 2.24 bits per heavy atom. The first kappa shape index (κ1) is 12.3. The van der Waals surface area contributed by atoms with Crippen LogP contribution >= 0.6 is 27.3 Å². The summed E-state index contributed by atoms with van der Waals surface area (Å²) in [7, 11) is 0. The van der Waals surface area contributed by atoms with E-state index in [1.165, 1.54) is 0 Å². The van der Waals surface area contributed by atoms with Crippen molar-refractivity contribution >= 4 is 33.0 Å². The van der Waals surface area contributed by atoms with Crippen molar-refractivity contribution in [1.82, 2.24) is 0 Å². The van der Waals surface area contributed by atoms with Gasteiger partial charge in [-0.2, -0.15) is 0 Å². The molecule has 1 aromatic carbocycles. The first-order valence-corrected chi connectivity index (χ1v) is 6.80. The molecule has 0 aliphatic heterocycles.